The van der Waals surface area contributed by atoms with Crippen LogP contribution in [0.2, 0.25) is 0 Å². The highest BCUT2D eigenvalue weighted by molar-refractivity contribution is 6.05. The van der Waals surface area contributed by atoms with E-state index in [1.165, 1.54) is 6.92 Å². The van der Waals surface area contributed by atoms with Gasteiger partial charge in [0.05, 0.1) is 0 Å². The average Bonchev–Trinajstić information content (AvgIpc) is 3.46. The zero-order chi connectivity index (χ0) is 42.2. The van der Waals surface area contributed by atoms with Crippen LogP contribution in [0.1, 0.15) is 56.4 Å². The highest BCUT2D eigenvalue weighted by atomic mass is 16.6. The van der Waals surface area contributed by atoms with E-state index in [1.807, 2.05) is 72.8 Å². The lowest BCUT2D eigenvalue weighted by atomic mass is 9.88. The third-order valence-corrected chi connectivity index (χ3v) is 9.83. The second-order valence-electron chi connectivity index (χ2n) is 15.5. The van der Waals surface area contributed by atoms with Crippen LogP contribution in [0.4, 0.5) is 10.5 Å². The van der Waals surface area contributed by atoms with Gasteiger partial charge in [0.1, 0.15) is 36.1 Å². The van der Waals surface area contributed by atoms with E-state index in [2.05, 4.69) is 26.6 Å². The van der Waals surface area contributed by atoms with E-state index in [-0.39, 0.29) is 18.5 Å². The quantitative estimate of drug-likeness (QED) is 0.0815. The number of fused-ring (bicyclic) bond motifs is 2. The van der Waals surface area contributed by atoms with Crippen molar-refractivity contribution in [2.45, 2.75) is 83.0 Å². The van der Waals surface area contributed by atoms with Crippen molar-refractivity contribution in [3.63, 3.8) is 0 Å². The van der Waals surface area contributed by atoms with Crippen LogP contribution < -0.4 is 31.3 Å². The summed E-state index contributed by atoms with van der Waals surface area (Å²) in [6.45, 7) is 6.98. The fourth-order valence-electron chi connectivity index (χ4n) is 6.79. The van der Waals surface area contributed by atoms with Gasteiger partial charge in [0.25, 0.3) is 5.91 Å². The number of rotatable bonds is 15. The summed E-state index contributed by atoms with van der Waals surface area (Å²) in [5.41, 5.74) is 0.173. The van der Waals surface area contributed by atoms with Crippen LogP contribution in [0.25, 0.3) is 10.8 Å². The minimum atomic E-state index is -2.15. The van der Waals surface area contributed by atoms with E-state index in [9.17, 15) is 29.1 Å². The van der Waals surface area contributed by atoms with Crippen LogP contribution in [0.3, 0.4) is 0 Å². The van der Waals surface area contributed by atoms with Crippen molar-refractivity contribution in [1.82, 2.24) is 21.3 Å². The van der Waals surface area contributed by atoms with Crippen LogP contribution in [-0.4, -0.2) is 58.6 Å². The summed E-state index contributed by atoms with van der Waals surface area (Å²) in [5, 5.41) is 27.1. The van der Waals surface area contributed by atoms with Crippen LogP contribution in [0, 0.1) is 0 Å². The number of ether oxygens (including phenoxy) is 2. The number of para-hydroxylation sites is 1. The van der Waals surface area contributed by atoms with Crippen LogP contribution in [-0.2, 0) is 49.1 Å². The van der Waals surface area contributed by atoms with Gasteiger partial charge in [0.15, 0.2) is 5.60 Å². The number of benzene rings is 5. The van der Waals surface area contributed by atoms with Gasteiger partial charge >= 0.3 is 6.09 Å². The SMILES string of the molecule is C[C@H](NC(=O)[C@H](Cc1ccc(OCc2ccccc2)cc1)NC(=O)OC(C)(C)C)C(=O)N[C@@H](C[C@]1(O)C(=O)Nc2ccccc21)C(=O)NCc1cccc2ccccc12. The minimum Gasteiger partial charge on any atom is -0.489 e. The van der Waals surface area contributed by atoms with Gasteiger partial charge < -0.3 is 41.2 Å². The summed E-state index contributed by atoms with van der Waals surface area (Å²) in [4.78, 5) is 67.7. The van der Waals surface area contributed by atoms with Crippen molar-refractivity contribution in [3.05, 3.63) is 144 Å². The molecular formula is C46H49N5O8. The molecule has 1 aliphatic heterocycles. The molecule has 0 saturated carbocycles. The molecule has 4 atom stereocenters. The Kier molecular flexibility index (Phi) is 13.0. The van der Waals surface area contributed by atoms with E-state index < -0.39 is 65.5 Å². The summed E-state index contributed by atoms with van der Waals surface area (Å²) < 4.78 is 11.3. The molecule has 59 heavy (non-hydrogen) atoms. The minimum absolute atomic E-state index is 0.0408. The first-order chi connectivity index (χ1) is 28.2. The predicted molar refractivity (Wildman–Crippen MR) is 223 cm³/mol. The average molecular weight is 800 g/mol. The van der Waals surface area contributed by atoms with Crippen molar-refractivity contribution >= 4 is 46.2 Å². The van der Waals surface area contributed by atoms with Gasteiger partial charge in [-0.25, -0.2) is 4.79 Å². The summed E-state index contributed by atoms with van der Waals surface area (Å²) >= 11 is 0. The smallest absolute Gasteiger partial charge is 0.408 e. The Morgan fingerprint density at radius 3 is 2.15 bits per heavy atom. The molecule has 0 aromatic heterocycles. The van der Waals surface area contributed by atoms with Crippen LogP contribution in [0.15, 0.2) is 121 Å². The lowest BCUT2D eigenvalue weighted by Gasteiger charge is -2.28. The topological polar surface area (TPSA) is 184 Å². The Morgan fingerprint density at radius 2 is 1.41 bits per heavy atom. The zero-order valence-electron chi connectivity index (χ0n) is 33.4. The van der Waals surface area contributed by atoms with Gasteiger partial charge in [-0.2, -0.15) is 0 Å². The summed E-state index contributed by atoms with van der Waals surface area (Å²) in [6.07, 6.45) is -1.29. The molecule has 0 spiro atoms. The van der Waals surface area contributed by atoms with Crippen molar-refractivity contribution < 1.29 is 38.6 Å². The lowest BCUT2D eigenvalue weighted by Crippen LogP contribution is -2.57. The predicted octanol–water partition coefficient (Wildman–Crippen LogP) is 5.39. The normalized spacial score (nSPS) is 16.1. The van der Waals surface area contributed by atoms with E-state index in [0.717, 1.165) is 21.9 Å². The molecule has 0 fully saturated rings. The van der Waals surface area contributed by atoms with Crippen LogP contribution >= 0.6 is 0 Å². The van der Waals surface area contributed by atoms with E-state index in [1.54, 1.807) is 69.3 Å². The Morgan fingerprint density at radius 1 is 0.729 bits per heavy atom. The summed E-state index contributed by atoms with van der Waals surface area (Å²) in [6, 6.07) is 32.9. The highest BCUT2D eigenvalue weighted by Gasteiger charge is 2.48. The molecule has 1 heterocycles. The van der Waals surface area contributed by atoms with Gasteiger partial charge in [-0.05, 0) is 73.4 Å². The number of carbonyl (C=O) groups is 5. The molecule has 5 amide bonds. The first-order valence-electron chi connectivity index (χ1n) is 19.4. The van der Waals surface area contributed by atoms with Crippen molar-refractivity contribution in [2.24, 2.45) is 0 Å². The lowest BCUT2D eigenvalue weighted by molar-refractivity contribution is -0.139. The first kappa shape index (κ1) is 41.9. The van der Waals surface area contributed by atoms with Crippen molar-refractivity contribution in [2.75, 3.05) is 5.32 Å². The number of aliphatic hydroxyl groups is 1. The van der Waals surface area contributed by atoms with Gasteiger partial charge in [-0.1, -0.05) is 103 Å². The monoisotopic (exact) mass is 799 g/mol. The fraction of sp³-hybridized carbons (Fsp3) is 0.283. The Balaban J connectivity index is 1.16. The Labute approximate surface area is 342 Å². The van der Waals surface area contributed by atoms with Gasteiger partial charge in [-0.15, -0.1) is 0 Å². The van der Waals surface area contributed by atoms with Crippen molar-refractivity contribution in [1.29, 1.82) is 0 Å². The van der Waals surface area contributed by atoms with Gasteiger partial charge in [0, 0.05) is 30.6 Å². The van der Waals surface area contributed by atoms with Crippen LogP contribution in [0.5, 0.6) is 5.75 Å². The van der Waals surface area contributed by atoms with E-state index >= 15 is 0 Å². The van der Waals surface area contributed by atoms with Gasteiger partial charge in [0.2, 0.25) is 17.7 Å². The molecule has 0 saturated heterocycles. The third kappa shape index (κ3) is 10.8. The molecule has 13 heteroatoms. The number of hydrogen-bond donors (Lipinski definition) is 6. The number of hydrogen-bond acceptors (Lipinski definition) is 8. The maximum absolute atomic E-state index is 13.9. The third-order valence-electron chi connectivity index (χ3n) is 9.83. The maximum Gasteiger partial charge on any atom is 0.408 e. The number of anilines is 1. The molecular weight excluding hydrogens is 751 g/mol. The van der Waals surface area contributed by atoms with Gasteiger partial charge in [-0.3, -0.25) is 19.2 Å². The fourth-order valence-corrected chi connectivity index (χ4v) is 6.79. The molecule has 306 valence electrons. The van der Waals surface area contributed by atoms with E-state index in [0.29, 0.717) is 23.6 Å². The standard InChI is InChI=1S/C46H49N5O8/c1-29(48-42(54)38(51-44(56)59-45(2,3)4)25-30-21-23-34(24-22-30)58-28-31-13-6-5-7-14-31)40(52)49-39(26-46(57)36-19-10-11-20-37(36)50-43(46)55)41(53)47-27-33-17-12-16-32-15-8-9-18-35(32)33/h5-24,29,38-39,57H,25-28H2,1-4H3,(H,47,53)(H,48,54)(H,49,52)(H,50,55)(H,51,56)/t29-,38-,39-,46+/m0/s1. The highest BCUT2D eigenvalue weighted by Crippen LogP contribution is 2.39. The van der Waals surface area contributed by atoms with Crippen molar-refractivity contribution in [3.8, 4) is 5.75 Å². The Bertz CT molecular complexity index is 2310. The molecule has 5 aromatic rings. The molecule has 0 aliphatic carbocycles. The molecule has 5 aromatic carbocycles. The molecule has 0 bridgehead atoms. The number of alkyl carbamates (subject to hydrolysis) is 1. The molecule has 0 unspecified atom stereocenters. The number of carbonyl (C=O) groups excluding carboxylic acids is 5. The maximum atomic E-state index is 13.9. The summed E-state index contributed by atoms with van der Waals surface area (Å²) in [5.74, 6) is -2.25. The zero-order valence-corrected chi connectivity index (χ0v) is 33.4. The molecule has 1 aliphatic rings. The number of nitrogens with one attached hydrogen (secondary N) is 5. The molecule has 6 rings (SSSR count). The Hall–Kier alpha value is -6.73. The summed E-state index contributed by atoms with van der Waals surface area (Å²) in [7, 11) is 0. The second kappa shape index (κ2) is 18.2. The molecule has 13 nitrogen and oxygen atoms in total. The largest absolute Gasteiger partial charge is 0.489 e. The number of amides is 5. The first-order valence-corrected chi connectivity index (χ1v) is 19.4. The molecule has 6 N–H and O–H groups in total. The van der Waals surface area contributed by atoms with E-state index in [4.69, 9.17) is 9.47 Å². The molecule has 0 radical (unpaired) electrons. The second-order valence-corrected chi connectivity index (χ2v) is 15.5.